The molecule has 4 atom stereocenters. The van der Waals surface area contributed by atoms with Gasteiger partial charge < -0.3 is 25.3 Å². The van der Waals surface area contributed by atoms with E-state index in [9.17, 15) is 20.4 Å². The van der Waals surface area contributed by atoms with Gasteiger partial charge in [0.25, 0.3) is 0 Å². The predicted molar refractivity (Wildman–Crippen MR) is 355 cm³/mol. The quantitative estimate of drug-likeness (QED) is 0.0356. The zero-order chi connectivity index (χ0) is 58.3. The molecular weight excluding hydrogens is 983 g/mol. The minimum atomic E-state index is -0.392. The molecule has 0 aromatic heterocycles. The van der Waals surface area contributed by atoms with Gasteiger partial charge in [-0.05, 0) is 135 Å². The third-order valence-corrected chi connectivity index (χ3v) is 15.5. The van der Waals surface area contributed by atoms with Crippen molar-refractivity contribution in [1.29, 1.82) is 0 Å². The highest BCUT2D eigenvalue weighted by Gasteiger charge is 2.19. The Balaban J connectivity index is 5.30. The molecule has 0 aliphatic rings. The number of hydrogen-bond acceptors (Lipinski definition) is 7. The Bertz CT molecular complexity index is 1280. The van der Waals surface area contributed by atoms with Crippen LogP contribution in [0.15, 0.2) is 97.2 Å². The number of allylic oxidation sites excluding steroid dienone is 16. The van der Waals surface area contributed by atoms with Crippen molar-refractivity contribution in [3.63, 3.8) is 0 Å². The SMILES string of the molecule is CC/C=C\C/C=C\CCCCCCCCC(O)CN(CCN(C)CCN(CC(O)CCCCCCCC/C=C\C/C=C\CC)CC(O)CCCCCCCC/C=C\C/C=C\CC)CC(O)CCCCCCCC/C=C\C/C=C\CC. The minimum Gasteiger partial charge on any atom is -0.392 e. The summed E-state index contributed by atoms with van der Waals surface area (Å²) in [5, 5.41) is 45.4. The maximum Gasteiger partial charge on any atom is 0.0667 e. The van der Waals surface area contributed by atoms with Gasteiger partial charge in [0.1, 0.15) is 0 Å². The molecule has 0 saturated carbocycles. The molecule has 0 rings (SSSR count). The van der Waals surface area contributed by atoms with E-state index in [-0.39, 0.29) is 0 Å². The molecule has 7 nitrogen and oxygen atoms in total. The summed E-state index contributed by atoms with van der Waals surface area (Å²) >= 11 is 0. The summed E-state index contributed by atoms with van der Waals surface area (Å²) in [7, 11) is 2.18. The number of nitrogens with zero attached hydrogens (tertiary/aromatic N) is 3. The van der Waals surface area contributed by atoms with Crippen LogP contribution in [0.3, 0.4) is 0 Å². The summed E-state index contributed by atoms with van der Waals surface area (Å²) in [4.78, 5) is 7.01. The number of aliphatic hydroxyl groups is 4. The highest BCUT2D eigenvalue weighted by atomic mass is 16.3. The van der Waals surface area contributed by atoms with Gasteiger partial charge in [0.05, 0.1) is 24.4 Å². The van der Waals surface area contributed by atoms with E-state index in [1.54, 1.807) is 0 Å². The second kappa shape index (κ2) is 64.2. The van der Waals surface area contributed by atoms with Crippen LogP contribution in [0.1, 0.15) is 285 Å². The molecule has 0 heterocycles. The molecule has 0 aromatic carbocycles. The fourth-order valence-electron chi connectivity index (χ4n) is 10.4. The van der Waals surface area contributed by atoms with Crippen molar-refractivity contribution in [2.45, 2.75) is 309 Å². The van der Waals surface area contributed by atoms with E-state index < -0.39 is 24.4 Å². The molecule has 0 spiro atoms. The maximum absolute atomic E-state index is 11.3. The van der Waals surface area contributed by atoms with E-state index >= 15 is 0 Å². The lowest BCUT2D eigenvalue weighted by Gasteiger charge is -2.31. The molecule has 0 radical (unpaired) electrons. The van der Waals surface area contributed by atoms with Gasteiger partial charge in [0.2, 0.25) is 0 Å². The first kappa shape index (κ1) is 77.6. The van der Waals surface area contributed by atoms with E-state index in [1.807, 2.05) is 0 Å². The zero-order valence-electron chi connectivity index (χ0n) is 53.6. The van der Waals surface area contributed by atoms with E-state index in [2.05, 4.69) is 147 Å². The van der Waals surface area contributed by atoms with Crippen molar-refractivity contribution in [2.24, 2.45) is 0 Å². The highest BCUT2D eigenvalue weighted by molar-refractivity contribution is 4.95. The largest absolute Gasteiger partial charge is 0.392 e. The van der Waals surface area contributed by atoms with E-state index in [0.29, 0.717) is 26.2 Å². The van der Waals surface area contributed by atoms with Gasteiger partial charge in [0.15, 0.2) is 0 Å². The number of likely N-dealkylation sites (N-methyl/N-ethyl adjacent to an activating group) is 1. The summed E-state index contributed by atoms with van der Waals surface area (Å²) in [6.45, 7) is 14.4. The van der Waals surface area contributed by atoms with Crippen LogP contribution in [-0.4, -0.2) is 119 Å². The Morgan fingerprint density at radius 1 is 0.250 bits per heavy atom. The molecule has 7 heteroatoms. The fraction of sp³-hybridized carbons (Fsp3) is 0.781. The van der Waals surface area contributed by atoms with Gasteiger partial charge in [-0.3, -0.25) is 9.80 Å². The summed E-state index contributed by atoms with van der Waals surface area (Å²) in [6.07, 6.45) is 80.4. The number of hydrogen-bond donors (Lipinski definition) is 4. The fourth-order valence-corrected chi connectivity index (χ4v) is 10.4. The monoisotopic (exact) mass is 1120 g/mol. The van der Waals surface area contributed by atoms with Gasteiger partial charge in [-0.25, -0.2) is 0 Å². The Kier molecular flexibility index (Phi) is 62.3. The molecule has 0 aliphatic heterocycles. The first-order valence-electron chi connectivity index (χ1n) is 34.3. The Morgan fingerprint density at radius 2 is 0.450 bits per heavy atom. The normalized spacial score (nSPS) is 14.4. The molecule has 0 fully saturated rings. The number of aliphatic hydroxyl groups excluding tert-OH is 4. The van der Waals surface area contributed by atoms with Crippen LogP contribution in [0.4, 0.5) is 0 Å². The first-order valence-corrected chi connectivity index (χ1v) is 34.3. The van der Waals surface area contributed by atoms with Crippen molar-refractivity contribution in [3.8, 4) is 0 Å². The zero-order valence-corrected chi connectivity index (χ0v) is 53.6. The van der Waals surface area contributed by atoms with E-state index in [4.69, 9.17) is 0 Å². The Hall–Kier alpha value is -2.36. The molecule has 80 heavy (non-hydrogen) atoms. The van der Waals surface area contributed by atoms with Crippen LogP contribution in [0.5, 0.6) is 0 Å². The molecule has 0 saturated heterocycles. The summed E-state index contributed by atoms with van der Waals surface area (Å²) in [5.41, 5.74) is 0. The molecule has 0 amide bonds. The maximum atomic E-state index is 11.3. The second-order valence-electron chi connectivity index (χ2n) is 23.6. The van der Waals surface area contributed by atoms with Gasteiger partial charge in [-0.1, -0.05) is 253 Å². The van der Waals surface area contributed by atoms with Gasteiger partial charge in [0, 0.05) is 52.4 Å². The molecule has 4 N–H and O–H groups in total. The van der Waals surface area contributed by atoms with E-state index in [1.165, 1.54) is 154 Å². The van der Waals surface area contributed by atoms with Crippen LogP contribution in [0, 0.1) is 0 Å². The summed E-state index contributed by atoms with van der Waals surface area (Å²) in [5.74, 6) is 0. The predicted octanol–water partition coefficient (Wildman–Crippen LogP) is 19.1. The smallest absolute Gasteiger partial charge is 0.0667 e. The lowest BCUT2D eigenvalue weighted by molar-refractivity contribution is 0.0492. The molecule has 0 bridgehead atoms. The minimum absolute atomic E-state index is 0.392. The first-order chi connectivity index (χ1) is 39.2. The van der Waals surface area contributed by atoms with Crippen LogP contribution >= 0.6 is 0 Å². The van der Waals surface area contributed by atoms with Gasteiger partial charge >= 0.3 is 0 Å². The lowest BCUT2D eigenvalue weighted by atomic mass is 10.0. The lowest BCUT2D eigenvalue weighted by Crippen LogP contribution is -2.44. The number of unbranched alkanes of at least 4 members (excludes halogenated alkanes) is 24. The van der Waals surface area contributed by atoms with Crippen molar-refractivity contribution in [3.05, 3.63) is 97.2 Å². The molecular formula is C73H135N3O4. The van der Waals surface area contributed by atoms with Crippen molar-refractivity contribution >= 4 is 0 Å². The van der Waals surface area contributed by atoms with Crippen molar-refractivity contribution < 1.29 is 20.4 Å². The topological polar surface area (TPSA) is 90.6 Å². The average molecular weight is 1120 g/mol. The molecule has 4 unspecified atom stereocenters. The molecule has 0 aliphatic carbocycles. The average Bonchev–Trinajstić information content (AvgIpc) is 3.44. The Morgan fingerprint density at radius 3 is 0.675 bits per heavy atom. The summed E-state index contributed by atoms with van der Waals surface area (Å²) < 4.78 is 0. The van der Waals surface area contributed by atoms with Crippen molar-refractivity contribution in [2.75, 3.05) is 59.4 Å². The van der Waals surface area contributed by atoms with Crippen LogP contribution in [0.2, 0.25) is 0 Å². The van der Waals surface area contributed by atoms with Gasteiger partial charge in [-0.15, -0.1) is 0 Å². The van der Waals surface area contributed by atoms with Gasteiger partial charge in [-0.2, -0.15) is 0 Å². The van der Waals surface area contributed by atoms with E-state index in [0.717, 1.165) is 129 Å². The highest BCUT2D eigenvalue weighted by Crippen LogP contribution is 2.17. The standard InChI is InChI=1S/C73H135N3O4/c1-6-10-14-18-22-26-30-34-38-42-46-50-54-58-70(77)66-75(67-71(78)59-55-51-47-43-39-35-31-27-23-19-15-11-7-2)64-62-74(5)63-65-76(68-72(79)60-56-52-48-44-40-36-32-28-24-20-16-12-8-3)69-73(80)61-57-53-49-45-41-37-33-29-25-21-17-13-9-4/h10-17,22-29,70-73,77-80H,6-9,18-21,30-69H2,1-5H3/b14-10-,15-11-,16-12-,17-13-,26-22-,27-23-,28-24-,29-25-. The Labute approximate surface area is 498 Å². The van der Waals surface area contributed by atoms with Crippen LogP contribution < -0.4 is 0 Å². The second-order valence-corrected chi connectivity index (χ2v) is 23.6. The summed E-state index contributed by atoms with van der Waals surface area (Å²) in [6, 6.07) is 0. The van der Waals surface area contributed by atoms with Crippen LogP contribution in [0.25, 0.3) is 0 Å². The van der Waals surface area contributed by atoms with Crippen LogP contribution in [-0.2, 0) is 0 Å². The molecule has 0 aromatic rings. The third-order valence-electron chi connectivity index (χ3n) is 15.5. The molecule has 466 valence electrons. The number of rotatable bonds is 62. The third kappa shape index (κ3) is 60.2. The van der Waals surface area contributed by atoms with Crippen molar-refractivity contribution in [1.82, 2.24) is 14.7 Å².